The number of rotatable bonds is 9. The summed E-state index contributed by atoms with van der Waals surface area (Å²) in [7, 11) is 1.41. The number of benzene rings is 1. The van der Waals surface area contributed by atoms with E-state index in [4.69, 9.17) is 9.84 Å². The third-order valence-electron chi connectivity index (χ3n) is 5.15. The second-order valence-corrected chi connectivity index (χ2v) is 7.55. The molecule has 9 heteroatoms. The van der Waals surface area contributed by atoms with Gasteiger partial charge < -0.3 is 10.1 Å². The molecule has 1 saturated carbocycles. The van der Waals surface area contributed by atoms with E-state index >= 15 is 0 Å². The number of ether oxygens (including phenoxy) is 1. The summed E-state index contributed by atoms with van der Waals surface area (Å²) in [5, 5.41) is 7.45. The van der Waals surface area contributed by atoms with Gasteiger partial charge in [-0.25, -0.2) is 4.68 Å². The molecule has 1 aliphatic rings. The third kappa shape index (κ3) is 6.30. The normalized spacial score (nSPS) is 15.1. The molecule has 1 heterocycles. The number of halogens is 3. The molecule has 2 aromatic rings. The van der Waals surface area contributed by atoms with Crippen molar-refractivity contribution in [3.63, 3.8) is 0 Å². The lowest BCUT2D eigenvalue weighted by Crippen LogP contribution is -2.41. The number of carbonyl (C=O) groups excluding carboxylic acids is 1. The van der Waals surface area contributed by atoms with Crippen LogP contribution in [0.25, 0.3) is 5.69 Å². The van der Waals surface area contributed by atoms with E-state index in [1.54, 1.807) is 4.68 Å². The average molecular weight is 424 g/mol. The van der Waals surface area contributed by atoms with Crippen LogP contribution in [0.3, 0.4) is 0 Å². The van der Waals surface area contributed by atoms with Gasteiger partial charge in [0.15, 0.2) is 0 Å². The molecule has 30 heavy (non-hydrogen) atoms. The van der Waals surface area contributed by atoms with E-state index in [0.717, 1.165) is 42.0 Å². The first-order valence-electron chi connectivity index (χ1n) is 10.1. The minimum atomic E-state index is -4.39. The number of carbonyl (C=O) groups is 1. The molecule has 0 bridgehead atoms. The highest BCUT2D eigenvalue weighted by Crippen LogP contribution is 2.35. The molecule has 0 saturated heterocycles. The number of nitrogens with zero attached hydrogens (tertiary/aromatic N) is 3. The van der Waals surface area contributed by atoms with E-state index in [2.05, 4.69) is 5.32 Å². The van der Waals surface area contributed by atoms with Crippen molar-refractivity contribution >= 4 is 11.7 Å². The molecule has 1 aromatic carbocycles. The van der Waals surface area contributed by atoms with Gasteiger partial charge in [0.25, 0.3) is 0 Å². The van der Waals surface area contributed by atoms with Gasteiger partial charge in [0.05, 0.1) is 31.1 Å². The number of alkyl halides is 3. The van der Waals surface area contributed by atoms with Crippen LogP contribution in [0, 0.1) is 0 Å². The zero-order chi connectivity index (χ0) is 21.6. The summed E-state index contributed by atoms with van der Waals surface area (Å²) in [6.45, 7) is -1.44. The number of amides is 1. The van der Waals surface area contributed by atoms with Gasteiger partial charge in [-0.15, -0.1) is 0 Å². The fourth-order valence-electron chi connectivity index (χ4n) is 3.75. The number of para-hydroxylation sites is 1. The number of nitrogens with one attached hydrogen (secondary N) is 1. The van der Waals surface area contributed by atoms with Gasteiger partial charge in [-0.3, -0.25) is 9.69 Å². The molecule has 1 N–H and O–H groups in total. The summed E-state index contributed by atoms with van der Waals surface area (Å²) in [5.41, 5.74) is 1.68. The van der Waals surface area contributed by atoms with Crippen molar-refractivity contribution in [2.75, 3.05) is 38.7 Å². The van der Waals surface area contributed by atoms with E-state index in [-0.39, 0.29) is 19.7 Å². The first-order chi connectivity index (χ1) is 14.4. The summed E-state index contributed by atoms with van der Waals surface area (Å²) in [6, 6.07) is 11.2. The maximum atomic E-state index is 12.8. The van der Waals surface area contributed by atoms with Gasteiger partial charge in [-0.2, -0.15) is 18.3 Å². The van der Waals surface area contributed by atoms with Crippen molar-refractivity contribution in [3.05, 3.63) is 42.1 Å². The van der Waals surface area contributed by atoms with Gasteiger partial charge in [-0.05, 0) is 25.0 Å². The number of anilines is 1. The van der Waals surface area contributed by atoms with Crippen LogP contribution >= 0.6 is 0 Å². The molecule has 0 spiro atoms. The second-order valence-electron chi connectivity index (χ2n) is 7.55. The lowest BCUT2D eigenvalue weighted by molar-refractivity contribution is -0.149. The Morgan fingerprint density at radius 3 is 2.60 bits per heavy atom. The minimum Gasteiger partial charge on any atom is -0.383 e. The van der Waals surface area contributed by atoms with Crippen LogP contribution in [0.1, 0.15) is 37.3 Å². The average Bonchev–Trinajstić information content (AvgIpc) is 3.35. The van der Waals surface area contributed by atoms with Crippen molar-refractivity contribution < 1.29 is 22.7 Å². The third-order valence-corrected chi connectivity index (χ3v) is 5.15. The Morgan fingerprint density at radius 2 is 1.97 bits per heavy atom. The smallest absolute Gasteiger partial charge is 0.383 e. The van der Waals surface area contributed by atoms with Crippen molar-refractivity contribution in [1.29, 1.82) is 0 Å². The van der Waals surface area contributed by atoms with Crippen LogP contribution in [0.15, 0.2) is 36.4 Å². The molecule has 1 amide bonds. The molecule has 1 aromatic heterocycles. The van der Waals surface area contributed by atoms with Crippen LogP contribution in [0.5, 0.6) is 0 Å². The highest BCUT2D eigenvalue weighted by molar-refractivity contribution is 5.91. The lowest BCUT2D eigenvalue weighted by Gasteiger charge is -2.22. The maximum absolute atomic E-state index is 12.8. The Kier molecular flexibility index (Phi) is 7.49. The van der Waals surface area contributed by atoms with Crippen molar-refractivity contribution in [3.8, 4) is 5.69 Å². The summed E-state index contributed by atoms with van der Waals surface area (Å²) >= 11 is 0. The highest BCUT2D eigenvalue weighted by Gasteiger charge is 2.31. The van der Waals surface area contributed by atoms with Crippen LogP contribution in [-0.2, 0) is 9.53 Å². The van der Waals surface area contributed by atoms with E-state index in [1.807, 2.05) is 36.4 Å². The Morgan fingerprint density at radius 1 is 1.27 bits per heavy atom. The predicted molar refractivity (Wildman–Crippen MR) is 108 cm³/mol. The van der Waals surface area contributed by atoms with Crippen molar-refractivity contribution in [2.24, 2.45) is 0 Å². The molecule has 1 aliphatic carbocycles. The zero-order valence-electron chi connectivity index (χ0n) is 17.0. The predicted octanol–water partition coefficient (Wildman–Crippen LogP) is 3.98. The number of methoxy groups -OCH3 is 1. The Labute approximate surface area is 174 Å². The Hall–Kier alpha value is -2.39. The Bertz CT molecular complexity index is 817. The fourth-order valence-corrected chi connectivity index (χ4v) is 3.75. The standard InChI is InChI=1S/C21H27F3N4O2/c1-30-12-11-27(15-21(22,23)24)14-20(29)25-19-13-18(16-7-5-6-8-16)26-28(19)17-9-3-2-4-10-17/h2-4,9-10,13,16H,5-8,11-12,14-15H2,1H3,(H,25,29). The number of aromatic nitrogens is 2. The van der Waals surface area contributed by atoms with E-state index < -0.39 is 18.6 Å². The highest BCUT2D eigenvalue weighted by atomic mass is 19.4. The quantitative estimate of drug-likeness (QED) is 0.662. The molecule has 0 aliphatic heterocycles. The summed E-state index contributed by atoms with van der Waals surface area (Å²) in [5.74, 6) is 0.284. The van der Waals surface area contributed by atoms with E-state index in [1.165, 1.54) is 7.11 Å². The first kappa shape index (κ1) is 22.3. The maximum Gasteiger partial charge on any atom is 0.401 e. The van der Waals surface area contributed by atoms with Gasteiger partial charge in [0.1, 0.15) is 5.82 Å². The van der Waals surface area contributed by atoms with Gasteiger partial charge in [-0.1, -0.05) is 31.0 Å². The van der Waals surface area contributed by atoms with Crippen LogP contribution in [-0.4, -0.2) is 60.1 Å². The molecule has 164 valence electrons. The number of hydrogen-bond donors (Lipinski definition) is 1. The van der Waals surface area contributed by atoms with Gasteiger partial charge >= 0.3 is 6.18 Å². The first-order valence-corrected chi connectivity index (χ1v) is 10.1. The van der Waals surface area contributed by atoms with E-state index in [0.29, 0.717) is 11.7 Å². The molecule has 3 rings (SSSR count). The molecule has 0 radical (unpaired) electrons. The van der Waals surface area contributed by atoms with Crippen LogP contribution in [0.4, 0.5) is 19.0 Å². The van der Waals surface area contributed by atoms with Crippen molar-refractivity contribution in [1.82, 2.24) is 14.7 Å². The molecule has 0 unspecified atom stereocenters. The molecular formula is C21H27F3N4O2. The fraction of sp³-hybridized carbons (Fsp3) is 0.524. The topological polar surface area (TPSA) is 59.4 Å². The Balaban J connectivity index is 1.77. The van der Waals surface area contributed by atoms with Crippen LogP contribution < -0.4 is 5.32 Å². The summed E-state index contributed by atoms with van der Waals surface area (Å²) in [4.78, 5) is 13.6. The zero-order valence-corrected chi connectivity index (χ0v) is 17.0. The molecule has 6 nitrogen and oxygen atoms in total. The largest absolute Gasteiger partial charge is 0.401 e. The van der Waals surface area contributed by atoms with Gasteiger partial charge in [0.2, 0.25) is 5.91 Å². The minimum absolute atomic E-state index is 0.00863. The summed E-state index contributed by atoms with van der Waals surface area (Å²) < 4.78 is 45.0. The molecule has 1 fully saturated rings. The molecule has 0 atom stereocenters. The monoisotopic (exact) mass is 424 g/mol. The van der Waals surface area contributed by atoms with E-state index in [9.17, 15) is 18.0 Å². The number of hydrogen-bond acceptors (Lipinski definition) is 4. The summed E-state index contributed by atoms with van der Waals surface area (Å²) in [6.07, 6.45) is 0.00747. The SMILES string of the molecule is COCCN(CC(=O)Nc1cc(C2CCCC2)nn1-c1ccccc1)CC(F)(F)F. The molecular weight excluding hydrogens is 397 g/mol. The van der Waals surface area contributed by atoms with Crippen molar-refractivity contribution in [2.45, 2.75) is 37.8 Å². The van der Waals surface area contributed by atoms with Crippen LogP contribution in [0.2, 0.25) is 0 Å². The second kappa shape index (κ2) is 10.1. The lowest BCUT2D eigenvalue weighted by atomic mass is 10.0. The van der Waals surface area contributed by atoms with Gasteiger partial charge in [0, 0.05) is 25.6 Å².